The number of fused-ring (bicyclic) bond motifs is 1. The van der Waals surface area contributed by atoms with E-state index in [0.29, 0.717) is 6.54 Å². The number of benzene rings is 1. The molecule has 0 saturated carbocycles. The molecule has 2 aliphatic heterocycles. The van der Waals surface area contributed by atoms with Gasteiger partial charge < -0.3 is 5.73 Å². The van der Waals surface area contributed by atoms with Crippen molar-refractivity contribution in [1.82, 2.24) is 9.80 Å². The minimum absolute atomic E-state index is 0.640. The summed E-state index contributed by atoms with van der Waals surface area (Å²) in [7, 11) is 0. The van der Waals surface area contributed by atoms with Crippen molar-refractivity contribution in [3.05, 3.63) is 35.4 Å². The van der Waals surface area contributed by atoms with Crippen LogP contribution >= 0.6 is 0 Å². The Morgan fingerprint density at radius 1 is 1.00 bits per heavy atom. The zero-order chi connectivity index (χ0) is 13.1. The highest BCUT2D eigenvalue weighted by Gasteiger charge is 2.28. The van der Waals surface area contributed by atoms with E-state index in [-0.39, 0.29) is 0 Å². The molecule has 1 aromatic rings. The summed E-state index contributed by atoms with van der Waals surface area (Å²) in [6.45, 7) is 6.78. The normalized spacial score (nSPS) is 25.2. The number of piperidine rings is 1. The highest BCUT2D eigenvalue weighted by Crippen LogP contribution is 2.22. The molecule has 2 fully saturated rings. The fraction of sp³-hybridized carbons (Fsp3) is 0.625. The smallest absolute Gasteiger partial charge is 0.0234 e. The van der Waals surface area contributed by atoms with Crippen LogP contribution in [0.2, 0.25) is 0 Å². The van der Waals surface area contributed by atoms with Crippen LogP contribution < -0.4 is 5.73 Å². The quantitative estimate of drug-likeness (QED) is 0.898. The number of hydrogen-bond donors (Lipinski definition) is 1. The fourth-order valence-corrected chi connectivity index (χ4v) is 3.40. The first-order valence-electron chi connectivity index (χ1n) is 7.59. The van der Waals surface area contributed by atoms with E-state index in [1.807, 2.05) is 0 Å². The third kappa shape index (κ3) is 3.16. The van der Waals surface area contributed by atoms with Gasteiger partial charge in [-0.25, -0.2) is 0 Å². The maximum Gasteiger partial charge on any atom is 0.0234 e. The first-order valence-corrected chi connectivity index (χ1v) is 7.59. The monoisotopic (exact) mass is 259 g/mol. The van der Waals surface area contributed by atoms with E-state index >= 15 is 0 Å². The molecule has 3 nitrogen and oxygen atoms in total. The van der Waals surface area contributed by atoms with Crippen LogP contribution in [-0.4, -0.2) is 42.0 Å². The Hall–Kier alpha value is -0.900. The zero-order valence-corrected chi connectivity index (χ0v) is 11.7. The van der Waals surface area contributed by atoms with Crippen molar-refractivity contribution in [1.29, 1.82) is 0 Å². The molecule has 0 spiro atoms. The van der Waals surface area contributed by atoms with Gasteiger partial charge in [0.25, 0.3) is 0 Å². The molecular weight excluding hydrogens is 234 g/mol. The first-order chi connectivity index (χ1) is 9.35. The lowest BCUT2D eigenvalue weighted by molar-refractivity contribution is 0.0457. The molecular formula is C16H25N3. The van der Waals surface area contributed by atoms with Crippen LogP contribution in [0.5, 0.6) is 0 Å². The van der Waals surface area contributed by atoms with E-state index in [9.17, 15) is 0 Å². The molecule has 1 aromatic carbocycles. The lowest BCUT2D eigenvalue weighted by Crippen LogP contribution is -2.54. The average molecular weight is 259 g/mol. The van der Waals surface area contributed by atoms with E-state index in [4.69, 9.17) is 5.73 Å². The average Bonchev–Trinajstić information content (AvgIpc) is 2.48. The van der Waals surface area contributed by atoms with Gasteiger partial charge in [-0.15, -0.1) is 0 Å². The SMILES string of the molecule is NCc1ccc(CN2CCN3CCCCC3C2)cc1. The molecule has 1 unspecified atom stereocenters. The van der Waals surface area contributed by atoms with Gasteiger partial charge >= 0.3 is 0 Å². The Bertz CT molecular complexity index is 401. The molecule has 3 rings (SSSR count). The summed E-state index contributed by atoms with van der Waals surface area (Å²) in [5.74, 6) is 0. The highest BCUT2D eigenvalue weighted by atomic mass is 15.3. The Morgan fingerprint density at radius 2 is 1.79 bits per heavy atom. The lowest BCUT2D eigenvalue weighted by atomic mass is 9.99. The van der Waals surface area contributed by atoms with Crippen LogP contribution in [0.15, 0.2) is 24.3 Å². The zero-order valence-electron chi connectivity index (χ0n) is 11.7. The predicted molar refractivity (Wildman–Crippen MR) is 78.8 cm³/mol. The van der Waals surface area contributed by atoms with Gasteiger partial charge in [-0.1, -0.05) is 30.7 Å². The molecule has 0 bridgehead atoms. The first kappa shape index (κ1) is 13.1. The maximum atomic E-state index is 5.64. The van der Waals surface area contributed by atoms with Crippen molar-refractivity contribution in [2.24, 2.45) is 5.73 Å². The summed E-state index contributed by atoms with van der Waals surface area (Å²) in [5.41, 5.74) is 8.28. The van der Waals surface area contributed by atoms with E-state index < -0.39 is 0 Å². The molecule has 0 amide bonds. The molecule has 19 heavy (non-hydrogen) atoms. The van der Waals surface area contributed by atoms with Crippen LogP contribution in [0.1, 0.15) is 30.4 Å². The summed E-state index contributed by atoms with van der Waals surface area (Å²) < 4.78 is 0. The van der Waals surface area contributed by atoms with Gasteiger partial charge in [0, 0.05) is 38.8 Å². The highest BCUT2D eigenvalue weighted by molar-refractivity contribution is 5.22. The van der Waals surface area contributed by atoms with Crippen molar-refractivity contribution >= 4 is 0 Å². The predicted octanol–water partition coefficient (Wildman–Crippen LogP) is 1.82. The second kappa shape index (κ2) is 6.04. The van der Waals surface area contributed by atoms with Gasteiger partial charge in [0.05, 0.1) is 0 Å². The molecule has 0 radical (unpaired) electrons. The summed E-state index contributed by atoms with van der Waals surface area (Å²) in [4.78, 5) is 5.31. The van der Waals surface area contributed by atoms with Crippen molar-refractivity contribution in [3.8, 4) is 0 Å². The van der Waals surface area contributed by atoms with Gasteiger partial charge in [0.2, 0.25) is 0 Å². The van der Waals surface area contributed by atoms with Crippen LogP contribution in [-0.2, 0) is 13.1 Å². The summed E-state index contributed by atoms with van der Waals surface area (Å²) >= 11 is 0. The van der Waals surface area contributed by atoms with Crippen LogP contribution in [0, 0.1) is 0 Å². The Morgan fingerprint density at radius 3 is 2.58 bits per heavy atom. The topological polar surface area (TPSA) is 32.5 Å². The number of nitrogens with zero attached hydrogens (tertiary/aromatic N) is 2. The third-order valence-corrected chi connectivity index (χ3v) is 4.59. The Labute approximate surface area is 116 Å². The van der Waals surface area contributed by atoms with Gasteiger partial charge in [0.1, 0.15) is 0 Å². The fourth-order valence-electron chi connectivity index (χ4n) is 3.40. The molecule has 0 aromatic heterocycles. The Kier molecular flexibility index (Phi) is 4.16. The molecule has 2 N–H and O–H groups in total. The maximum absolute atomic E-state index is 5.64. The van der Waals surface area contributed by atoms with Gasteiger partial charge in [0.15, 0.2) is 0 Å². The Balaban J connectivity index is 1.57. The van der Waals surface area contributed by atoms with E-state index in [1.54, 1.807) is 0 Å². The van der Waals surface area contributed by atoms with E-state index in [2.05, 4.69) is 34.1 Å². The minimum Gasteiger partial charge on any atom is -0.326 e. The minimum atomic E-state index is 0.640. The summed E-state index contributed by atoms with van der Waals surface area (Å²) in [5, 5.41) is 0. The molecule has 0 aliphatic carbocycles. The second-order valence-electron chi connectivity index (χ2n) is 5.94. The van der Waals surface area contributed by atoms with E-state index in [0.717, 1.165) is 12.6 Å². The standard InChI is InChI=1S/C16H25N3/c17-11-14-4-6-15(7-5-14)12-18-9-10-19-8-2-1-3-16(19)13-18/h4-7,16H,1-3,8-13,17H2. The lowest BCUT2D eigenvalue weighted by Gasteiger charge is -2.44. The second-order valence-corrected chi connectivity index (χ2v) is 5.94. The van der Waals surface area contributed by atoms with Crippen molar-refractivity contribution < 1.29 is 0 Å². The summed E-state index contributed by atoms with van der Waals surface area (Å²) in [6.07, 6.45) is 4.21. The molecule has 3 heteroatoms. The van der Waals surface area contributed by atoms with Gasteiger partial charge in [-0.3, -0.25) is 9.80 Å². The van der Waals surface area contributed by atoms with Gasteiger partial charge in [-0.2, -0.15) is 0 Å². The number of rotatable bonds is 3. The van der Waals surface area contributed by atoms with Crippen molar-refractivity contribution in [3.63, 3.8) is 0 Å². The van der Waals surface area contributed by atoms with Gasteiger partial charge in [-0.05, 0) is 30.5 Å². The van der Waals surface area contributed by atoms with Crippen molar-refractivity contribution in [2.75, 3.05) is 26.2 Å². The number of hydrogen-bond acceptors (Lipinski definition) is 3. The largest absolute Gasteiger partial charge is 0.326 e. The number of nitrogens with two attached hydrogens (primary N) is 1. The third-order valence-electron chi connectivity index (χ3n) is 4.59. The number of piperazine rings is 1. The van der Waals surface area contributed by atoms with Crippen LogP contribution in [0.25, 0.3) is 0 Å². The molecule has 2 saturated heterocycles. The van der Waals surface area contributed by atoms with Crippen molar-refractivity contribution in [2.45, 2.75) is 38.4 Å². The molecule has 104 valence electrons. The van der Waals surface area contributed by atoms with E-state index in [1.165, 1.54) is 56.6 Å². The summed E-state index contributed by atoms with van der Waals surface area (Å²) in [6, 6.07) is 9.59. The molecule has 2 aliphatic rings. The molecule has 2 heterocycles. The van der Waals surface area contributed by atoms with Crippen LogP contribution in [0.3, 0.4) is 0 Å². The van der Waals surface area contributed by atoms with Crippen LogP contribution in [0.4, 0.5) is 0 Å². The molecule has 1 atom stereocenters.